The monoisotopic (exact) mass is 369 g/mol. The van der Waals surface area contributed by atoms with Gasteiger partial charge in [0.05, 0.1) is 25.1 Å². The Labute approximate surface area is 156 Å². The lowest BCUT2D eigenvalue weighted by Gasteiger charge is -2.08. The first-order valence-corrected chi connectivity index (χ1v) is 8.40. The Bertz CT molecular complexity index is 905. The van der Waals surface area contributed by atoms with Crippen LogP contribution in [0.1, 0.15) is 10.5 Å². The third kappa shape index (κ3) is 4.32. The van der Waals surface area contributed by atoms with Gasteiger partial charge in [-0.15, -0.1) is 0 Å². The Morgan fingerprint density at radius 3 is 2.44 bits per heavy atom. The van der Waals surface area contributed by atoms with E-state index >= 15 is 0 Å². The van der Waals surface area contributed by atoms with E-state index in [2.05, 4.69) is 10.4 Å². The average molecular weight is 369 g/mol. The summed E-state index contributed by atoms with van der Waals surface area (Å²) in [6.45, 7) is 0.781. The van der Waals surface area contributed by atoms with Gasteiger partial charge in [0.25, 0.3) is 5.91 Å². The molecule has 0 spiro atoms. The van der Waals surface area contributed by atoms with Crippen molar-refractivity contribution in [1.82, 2.24) is 15.1 Å². The number of ether oxygens (including phenoxy) is 2. The standard InChI is InChI=1S/C20H20FN3O3/c1-26-12-11-22-20(25)19-13-18(14-3-9-17(27-2)10-4-14)23-24(19)16-7-5-15(21)6-8-16/h3-10,13H,11-12H2,1-2H3,(H,22,25). The van der Waals surface area contributed by atoms with Gasteiger partial charge in [-0.3, -0.25) is 4.79 Å². The maximum Gasteiger partial charge on any atom is 0.270 e. The second-order valence-electron chi connectivity index (χ2n) is 5.78. The molecule has 27 heavy (non-hydrogen) atoms. The van der Waals surface area contributed by atoms with Crippen molar-refractivity contribution in [3.05, 3.63) is 66.1 Å². The molecule has 0 aliphatic carbocycles. The van der Waals surface area contributed by atoms with Crippen molar-refractivity contribution in [2.24, 2.45) is 0 Å². The Balaban J connectivity index is 1.99. The van der Waals surface area contributed by atoms with E-state index in [9.17, 15) is 9.18 Å². The first-order valence-electron chi connectivity index (χ1n) is 8.40. The normalized spacial score (nSPS) is 10.6. The molecular formula is C20H20FN3O3. The summed E-state index contributed by atoms with van der Waals surface area (Å²) in [6, 6.07) is 14.9. The third-order valence-corrected chi connectivity index (χ3v) is 3.99. The minimum Gasteiger partial charge on any atom is -0.497 e. The fourth-order valence-corrected chi connectivity index (χ4v) is 2.58. The van der Waals surface area contributed by atoms with Crippen molar-refractivity contribution in [2.45, 2.75) is 0 Å². The molecule has 0 bridgehead atoms. The highest BCUT2D eigenvalue weighted by molar-refractivity contribution is 5.94. The van der Waals surface area contributed by atoms with E-state index in [1.165, 1.54) is 16.8 Å². The molecule has 0 atom stereocenters. The maximum absolute atomic E-state index is 13.3. The molecule has 0 unspecified atom stereocenters. The minimum atomic E-state index is -0.354. The van der Waals surface area contributed by atoms with Crippen molar-refractivity contribution in [3.8, 4) is 22.7 Å². The molecule has 1 amide bonds. The number of nitrogens with zero attached hydrogens (tertiary/aromatic N) is 2. The Kier molecular flexibility index (Phi) is 5.83. The Morgan fingerprint density at radius 2 is 1.81 bits per heavy atom. The van der Waals surface area contributed by atoms with Gasteiger partial charge in [0.1, 0.15) is 17.3 Å². The molecular weight excluding hydrogens is 349 g/mol. The molecule has 6 nitrogen and oxygen atoms in total. The maximum atomic E-state index is 13.3. The van der Waals surface area contributed by atoms with E-state index < -0.39 is 0 Å². The van der Waals surface area contributed by atoms with E-state index in [0.29, 0.717) is 30.2 Å². The van der Waals surface area contributed by atoms with E-state index in [1.807, 2.05) is 24.3 Å². The van der Waals surface area contributed by atoms with Gasteiger partial charge in [0.2, 0.25) is 0 Å². The lowest BCUT2D eigenvalue weighted by molar-refractivity contribution is 0.0929. The van der Waals surface area contributed by atoms with Crippen LogP contribution >= 0.6 is 0 Å². The summed E-state index contributed by atoms with van der Waals surface area (Å²) in [5, 5.41) is 7.33. The van der Waals surface area contributed by atoms with Crippen LogP contribution in [0.2, 0.25) is 0 Å². The number of carbonyl (C=O) groups excluding carboxylic acids is 1. The predicted octanol–water partition coefficient (Wildman–Crippen LogP) is 3.06. The number of amides is 1. The lowest BCUT2D eigenvalue weighted by Crippen LogP contribution is -2.28. The summed E-state index contributed by atoms with van der Waals surface area (Å²) in [7, 11) is 3.16. The summed E-state index contributed by atoms with van der Waals surface area (Å²) in [4.78, 5) is 12.6. The van der Waals surface area contributed by atoms with Gasteiger partial charge < -0.3 is 14.8 Å². The highest BCUT2D eigenvalue weighted by Crippen LogP contribution is 2.24. The molecule has 1 heterocycles. The summed E-state index contributed by atoms with van der Waals surface area (Å²) >= 11 is 0. The van der Waals surface area contributed by atoms with Crippen LogP contribution in [0.15, 0.2) is 54.6 Å². The van der Waals surface area contributed by atoms with Crippen LogP contribution < -0.4 is 10.1 Å². The van der Waals surface area contributed by atoms with Gasteiger partial charge in [-0.05, 0) is 54.6 Å². The molecule has 3 aromatic rings. The van der Waals surface area contributed by atoms with Gasteiger partial charge >= 0.3 is 0 Å². The zero-order chi connectivity index (χ0) is 19.2. The van der Waals surface area contributed by atoms with Crippen molar-refractivity contribution in [2.75, 3.05) is 27.4 Å². The zero-order valence-electron chi connectivity index (χ0n) is 15.1. The SMILES string of the molecule is COCCNC(=O)c1cc(-c2ccc(OC)cc2)nn1-c1ccc(F)cc1. The van der Waals surface area contributed by atoms with Crippen molar-refractivity contribution < 1.29 is 18.7 Å². The van der Waals surface area contributed by atoms with E-state index in [1.54, 1.807) is 32.4 Å². The van der Waals surface area contributed by atoms with Crippen LogP contribution in [-0.2, 0) is 4.74 Å². The molecule has 0 saturated heterocycles. The number of aromatic nitrogens is 2. The van der Waals surface area contributed by atoms with Gasteiger partial charge in [-0.2, -0.15) is 5.10 Å². The summed E-state index contributed by atoms with van der Waals surface area (Å²) < 4.78 is 24.9. The lowest BCUT2D eigenvalue weighted by atomic mass is 10.1. The van der Waals surface area contributed by atoms with Crippen LogP contribution in [-0.4, -0.2) is 43.1 Å². The zero-order valence-corrected chi connectivity index (χ0v) is 15.1. The number of benzene rings is 2. The van der Waals surface area contributed by atoms with Gasteiger partial charge in [-0.25, -0.2) is 9.07 Å². The van der Waals surface area contributed by atoms with Crippen LogP contribution in [0.4, 0.5) is 4.39 Å². The second kappa shape index (κ2) is 8.46. The highest BCUT2D eigenvalue weighted by Gasteiger charge is 2.17. The molecule has 0 aliphatic heterocycles. The Hall–Kier alpha value is -3.19. The molecule has 140 valence electrons. The van der Waals surface area contributed by atoms with Crippen LogP contribution in [0.5, 0.6) is 5.75 Å². The third-order valence-electron chi connectivity index (χ3n) is 3.99. The predicted molar refractivity (Wildman–Crippen MR) is 99.7 cm³/mol. The molecule has 0 saturated carbocycles. The molecule has 0 radical (unpaired) electrons. The number of nitrogens with one attached hydrogen (secondary N) is 1. The van der Waals surface area contributed by atoms with Crippen LogP contribution in [0.25, 0.3) is 16.9 Å². The van der Waals surface area contributed by atoms with E-state index in [4.69, 9.17) is 9.47 Å². The highest BCUT2D eigenvalue weighted by atomic mass is 19.1. The largest absolute Gasteiger partial charge is 0.497 e. The smallest absolute Gasteiger partial charge is 0.270 e. The molecule has 1 aromatic heterocycles. The van der Waals surface area contributed by atoms with Crippen LogP contribution in [0.3, 0.4) is 0 Å². The Morgan fingerprint density at radius 1 is 1.11 bits per heavy atom. The summed E-state index contributed by atoms with van der Waals surface area (Å²) in [6.07, 6.45) is 0. The van der Waals surface area contributed by atoms with Crippen molar-refractivity contribution in [3.63, 3.8) is 0 Å². The molecule has 2 aromatic carbocycles. The number of hydrogen-bond acceptors (Lipinski definition) is 4. The quantitative estimate of drug-likeness (QED) is 0.650. The van der Waals surface area contributed by atoms with Crippen molar-refractivity contribution >= 4 is 5.91 Å². The first-order chi connectivity index (χ1) is 13.1. The summed E-state index contributed by atoms with van der Waals surface area (Å²) in [5.74, 6) is 0.0882. The van der Waals surface area contributed by atoms with Gasteiger partial charge in [-0.1, -0.05) is 0 Å². The number of carbonyl (C=O) groups is 1. The second-order valence-corrected chi connectivity index (χ2v) is 5.78. The molecule has 3 rings (SSSR count). The molecule has 1 N–H and O–H groups in total. The summed E-state index contributed by atoms with van der Waals surface area (Å²) in [5.41, 5.74) is 2.40. The number of rotatable bonds is 7. The van der Waals surface area contributed by atoms with E-state index in [0.717, 1.165) is 11.3 Å². The molecule has 0 aliphatic rings. The average Bonchev–Trinajstić information content (AvgIpc) is 3.14. The van der Waals surface area contributed by atoms with Crippen LogP contribution in [0, 0.1) is 5.82 Å². The topological polar surface area (TPSA) is 65.4 Å². The van der Waals surface area contributed by atoms with E-state index in [-0.39, 0.29) is 11.7 Å². The van der Waals surface area contributed by atoms with Crippen molar-refractivity contribution in [1.29, 1.82) is 0 Å². The number of halogens is 1. The molecule has 7 heteroatoms. The minimum absolute atomic E-state index is 0.288. The fraction of sp³-hybridized carbons (Fsp3) is 0.200. The fourth-order valence-electron chi connectivity index (χ4n) is 2.58. The number of methoxy groups -OCH3 is 2. The molecule has 0 fully saturated rings. The van der Waals surface area contributed by atoms with Gasteiger partial charge in [0, 0.05) is 19.2 Å². The first kappa shape index (κ1) is 18.6. The number of hydrogen-bond donors (Lipinski definition) is 1. The van der Waals surface area contributed by atoms with Gasteiger partial charge in [0.15, 0.2) is 0 Å².